The molecule has 1 aliphatic heterocycles. The number of aliphatic imine (C=N–C) groups is 1. The monoisotopic (exact) mass is 493 g/mol. The van der Waals surface area contributed by atoms with E-state index in [1.165, 1.54) is 0 Å². The van der Waals surface area contributed by atoms with E-state index in [1.54, 1.807) is 6.33 Å². The van der Waals surface area contributed by atoms with Crippen molar-refractivity contribution in [3.05, 3.63) is 77.7 Å². The van der Waals surface area contributed by atoms with Gasteiger partial charge < -0.3 is 15.8 Å². The molecular weight excluding hydrogens is 462 g/mol. The first-order valence-corrected chi connectivity index (χ1v) is 12.8. The summed E-state index contributed by atoms with van der Waals surface area (Å²) in [6, 6.07) is 17.8. The lowest BCUT2D eigenvalue weighted by atomic mass is 9.72. The fraction of sp³-hybridized carbons (Fsp3) is 0.333. The van der Waals surface area contributed by atoms with E-state index in [-0.39, 0.29) is 17.9 Å². The van der Waals surface area contributed by atoms with Crippen molar-refractivity contribution in [2.24, 2.45) is 16.8 Å². The average molecular weight is 494 g/mol. The van der Waals surface area contributed by atoms with Crippen LogP contribution in [0.4, 0.5) is 5.82 Å². The number of benzene rings is 2. The maximum Gasteiger partial charge on any atom is 0.295 e. The van der Waals surface area contributed by atoms with Crippen molar-refractivity contribution in [1.29, 1.82) is 0 Å². The Bertz CT molecular complexity index is 1320. The Morgan fingerprint density at radius 2 is 1.73 bits per heavy atom. The topological polar surface area (TPSA) is 102 Å². The summed E-state index contributed by atoms with van der Waals surface area (Å²) in [4.78, 5) is 25.7. The molecule has 1 amide bonds. The predicted octanol–water partition coefficient (Wildman–Crippen LogP) is 4.73. The number of carbonyl (C=O) groups is 1. The highest BCUT2D eigenvalue weighted by molar-refractivity contribution is 6.16. The molecule has 7 nitrogen and oxygen atoms in total. The van der Waals surface area contributed by atoms with Gasteiger partial charge in [-0.2, -0.15) is 0 Å². The largest absolute Gasteiger partial charge is 0.457 e. The molecule has 188 valence electrons. The van der Waals surface area contributed by atoms with Gasteiger partial charge in [0.1, 0.15) is 23.6 Å². The van der Waals surface area contributed by atoms with Gasteiger partial charge in [-0.15, -0.1) is 6.42 Å². The average Bonchev–Trinajstić information content (AvgIpc) is 3.07. The fourth-order valence-electron chi connectivity index (χ4n) is 5.66. The second-order valence-electron chi connectivity index (χ2n) is 9.83. The van der Waals surface area contributed by atoms with Crippen LogP contribution in [0, 0.1) is 24.2 Å². The number of nitrogens with two attached hydrogens (primary N) is 1. The van der Waals surface area contributed by atoms with Crippen molar-refractivity contribution in [3.8, 4) is 23.8 Å². The Hall–Kier alpha value is -4.18. The molecule has 0 saturated heterocycles. The zero-order valence-electron chi connectivity index (χ0n) is 20.9. The number of terminal acetylenes is 1. The van der Waals surface area contributed by atoms with E-state index in [4.69, 9.17) is 26.9 Å². The molecule has 2 aliphatic rings. The summed E-state index contributed by atoms with van der Waals surface area (Å²) < 4.78 is 5.97. The molecule has 1 aliphatic carbocycles. The van der Waals surface area contributed by atoms with Crippen LogP contribution in [-0.2, 0) is 4.79 Å². The van der Waals surface area contributed by atoms with Crippen LogP contribution in [0.3, 0.4) is 0 Å². The quantitative estimate of drug-likeness (QED) is 0.500. The number of nitrogen functional groups attached to an aromatic ring is 1. The zero-order valence-corrected chi connectivity index (χ0v) is 20.9. The predicted molar refractivity (Wildman–Crippen MR) is 145 cm³/mol. The van der Waals surface area contributed by atoms with Crippen molar-refractivity contribution in [1.82, 2.24) is 15.3 Å². The number of nitrogens with zero attached hydrogens (tertiary/aromatic N) is 3. The number of hydrogen-bond acceptors (Lipinski definition) is 6. The summed E-state index contributed by atoms with van der Waals surface area (Å²) in [7, 11) is 0. The van der Waals surface area contributed by atoms with Gasteiger partial charge in [0.2, 0.25) is 0 Å². The standard InChI is InChI=1S/C30H31N5O2/c1-3-26(36)35-22-13-9-20(10-14-22)25-17-32-29(27-28(19(25)2)33-18-34-30(27)31)21-11-15-24(16-12-21)37-23-7-5-4-6-8-23/h1,4-8,11-12,15-16,18-20,22,25H,9-10,13-14,17H2,2H3,(H,35,36)(H2,31,33,34). The lowest BCUT2D eigenvalue weighted by Crippen LogP contribution is -2.38. The summed E-state index contributed by atoms with van der Waals surface area (Å²) in [6.07, 6.45) is 10.6. The van der Waals surface area contributed by atoms with Crippen molar-refractivity contribution in [3.63, 3.8) is 0 Å². The van der Waals surface area contributed by atoms with Gasteiger partial charge in [-0.3, -0.25) is 9.79 Å². The summed E-state index contributed by atoms with van der Waals surface area (Å²) in [6.45, 7) is 2.90. The first kappa shape index (κ1) is 24.5. The smallest absolute Gasteiger partial charge is 0.295 e. The van der Waals surface area contributed by atoms with E-state index in [2.05, 4.69) is 23.1 Å². The van der Waals surface area contributed by atoms with Gasteiger partial charge in [0.25, 0.3) is 5.91 Å². The molecule has 1 fully saturated rings. The van der Waals surface area contributed by atoms with Gasteiger partial charge in [-0.05, 0) is 79.8 Å². The Morgan fingerprint density at radius 1 is 1.03 bits per heavy atom. The second kappa shape index (κ2) is 10.8. The summed E-state index contributed by atoms with van der Waals surface area (Å²) >= 11 is 0. The Morgan fingerprint density at radius 3 is 2.43 bits per heavy atom. The molecule has 3 N–H and O–H groups in total. The molecule has 1 aromatic heterocycles. The minimum atomic E-state index is -0.332. The molecule has 0 bridgehead atoms. The van der Waals surface area contributed by atoms with Gasteiger partial charge in [0.15, 0.2) is 0 Å². The Kier molecular flexibility index (Phi) is 7.18. The molecule has 0 spiro atoms. The number of para-hydroxylation sites is 1. The van der Waals surface area contributed by atoms with Crippen molar-refractivity contribution in [2.45, 2.75) is 44.6 Å². The number of aromatic nitrogens is 2. The normalized spacial score (nSPS) is 23.1. The third kappa shape index (κ3) is 5.34. The van der Waals surface area contributed by atoms with Gasteiger partial charge in [-0.25, -0.2) is 9.97 Å². The lowest BCUT2D eigenvalue weighted by Gasteiger charge is -2.35. The SMILES string of the molecule is C#CC(=O)NC1CCC(C2CN=C(c3ccc(Oc4ccccc4)cc3)c3c(N)ncnc3C2C)CC1. The van der Waals surface area contributed by atoms with Crippen molar-refractivity contribution in [2.75, 3.05) is 12.3 Å². The van der Waals surface area contributed by atoms with Crippen LogP contribution in [0.5, 0.6) is 11.5 Å². The maximum absolute atomic E-state index is 11.6. The minimum absolute atomic E-state index is 0.141. The summed E-state index contributed by atoms with van der Waals surface area (Å²) in [5.74, 6) is 4.77. The summed E-state index contributed by atoms with van der Waals surface area (Å²) in [5, 5.41) is 2.94. The number of anilines is 1. The van der Waals surface area contributed by atoms with E-state index in [9.17, 15) is 4.79 Å². The Labute approximate surface area is 217 Å². The number of nitrogens with one attached hydrogen (secondary N) is 1. The molecule has 7 heteroatoms. The van der Waals surface area contributed by atoms with E-state index in [1.807, 2.05) is 54.6 Å². The number of fused-ring (bicyclic) bond motifs is 1. The molecule has 5 rings (SSSR count). The molecule has 3 aromatic rings. The maximum atomic E-state index is 11.6. The second-order valence-corrected chi connectivity index (χ2v) is 9.83. The molecule has 2 atom stereocenters. The summed E-state index contributed by atoms with van der Waals surface area (Å²) in [5.41, 5.74) is 9.97. The fourth-order valence-corrected chi connectivity index (χ4v) is 5.66. The number of hydrogen-bond donors (Lipinski definition) is 2. The molecule has 1 saturated carbocycles. The highest BCUT2D eigenvalue weighted by Crippen LogP contribution is 2.41. The first-order valence-electron chi connectivity index (χ1n) is 12.8. The van der Waals surface area contributed by atoms with Gasteiger partial charge in [0.05, 0.1) is 17.0 Å². The molecule has 37 heavy (non-hydrogen) atoms. The molecule has 2 unspecified atom stereocenters. The van der Waals surface area contributed by atoms with Crippen LogP contribution in [0.2, 0.25) is 0 Å². The van der Waals surface area contributed by atoms with E-state index in [0.717, 1.165) is 59.7 Å². The van der Waals surface area contributed by atoms with Crippen LogP contribution < -0.4 is 15.8 Å². The van der Waals surface area contributed by atoms with Crippen molar-refractivity contribution >= 4 is 17.4 Å². The number of ether oxygens (including phenoxy) is 1. The van der Waals surface area contributed by atoms with E-state index < -0.39 is 0 Å². The molecule has 2 aromatic carbocycles. The Balaban J connectivity index is 1.39. The van der Waals surface area contributed by atoms with Gasteiger partial charge >= 0.3 is 0 Å². The van der Waals surface area contributed by atoms with E-state index in [0.29, 0.717) is 24.2 Å². The third-order valence-electron chi connectivity index (χ3n) is 7.63. The molecular formula is C30H31N5O2. The zero-order chi connectivity index (χ0) is 25.8. The number of rotatable bonds is 5. The van der Waals surface area contributed by atoms with Crippen LogP contribution >= 0.6 is 0 Å². The van der Waals surface area contributed by atoms with Crippen LogP contribution in [-0.4, -0.2) is 34.2 Å². The number of carbonyl (C=O) groups excluding carboxylic acids is 1. The number of amides is 1. The van der Waals surface area contributed by atoms with Crippen LogP contribution in [0.1, 0.15) is 55.3 Å². The van der Waals surface area contributed by atoms with Gasteiger partial charge in [-0.1, -0.05) is 25.1 Å². The third-order valence-corrected chi connectivity index (χ3v) is 7.63. The van der Waals surface area contributed by atoms with Crippen LogP contribution in [0.25, 0.3) is 0 Å². The highest BCUT2D eigenvalue weighted by Gasteiger charge is 2.36. The minimum Gasteiger partial charge on any atom is -0.457 e. The molecule has 2 heterocycles. The van der Waals surface area contributed by atoms with E-state index >= 15 is 0 Å². The van der Waals surface area contributed by atoms with Crippen molar-refractivity contribution < 1.29 is 9.53 Å². The first-order chi connectivity index (χ1) is 18.0. The van der Waals surface area contributed by atoms with Gasteiger partial charge in [0, 0.05) is 24.1 Å². The lowest BCUT2D eigenvalue weighted by molar-refractivity contribution is -0.116. The highest BCUT2D eigenvalue weighted by atomic mass is 16.5. The molecule has 0 radical (unpaired) electrons. The van der Waals surface area contributed by atoms with Crippen LogP contribution in [0.15, 0.2) is 65.9 Å².